The zero-order valence-electron chi connectivity index (χ0n) is 8.50. The molecule has 0 spiro atoms. The standard InChI is InChI=1S/C10H17NO2/c1-10(2,3)4-5-11-7-8(12)6-9(11)13/h6,12H,4-5,7H2,1-3H3. The third-order valence-corrected chi connectivity index (χ3v) is 2.09. The molecule has 0 saturated heterocycles. The maximum atomic E-state index is 11.2. The second-order valence-corrected chi connectivity index (χ2v) is 4.71. The first-order valence-corrected chi connectivity index (χ1v) is 4.57. The fraction of sp³-hybridized carbons (Fsp3) is 0.700. The van der Waals surface area contributed by atoms with Gasteiger partial charge < -0.3 is 10.0 Å². The molecule has 13 heavy (non-hydrogen) atoms. The number of aliphatic hydroxyl groups excluding tert-OH is 1. The lowest BCUT2D eigenvalue weighted by Crippen LogP contribution is -2.29. The Balaban J connectivity index is 2.37. The fourth-order valence-corrected chi connectivity index (χ4v) is 1.21. The molecule has 0 bridgehead atoms. The highest BCUT2D eigenvalue weighted by molar-refractivity contribution is 5.90. The lowest BCUT2D eigenvalue weighted by atomic mass is 9.92. The Kier molecular flexibility index (Phi) is 2.64. The van der Waals surface area contributed by atoms with E-state index < -0.39 is 0 Å². The van der Waals surface area contributed by atoms with Gasteiger partial charge in [0.2, 0.25) is 5.91 Å². The molecule has 0 aromatic carbocycles. The Labute approximate surface area is 79.0 Å². The summed E-state index contributed by atoms with van der Waals surface area (Å²) < 4.78 is 0. The van der Waals surface area contributed by atoms with Crippen molar-refractivity contribution in [2.45, 2.75) is 27.2 Å². The van der Waals surface area contributed by atoms with E-state index >= 15 is 0 Å². The largest absolute Gasteiger partial charge is 0.510 e. The summed E-state index contributed by atoms with van der Waals surface area (Å²) >= 11 is 0. The van der Waals surface area contributed by atoms with Crippen molar-refractivity contribution in [1.82, 2.24) is 4.90 Å². The minimum absolute atomic E-state index is 0.0678. The van der Waals surface area contributed by atoms with E-state index in [0.717, 1.165) is 13.0 Å². The summed E-state index contributed by atoms with van der Waals surface area (Å²) in [7, 11) is 0. The van der Waals surface area contributed by atoms with Gasteiger partial charge in [-0.05, 0) is 11.8 Å². The van der Waals surface area contributed by atoms with E-state index in [9.17, 15) is 4.79 Å². The minimum atomic E-state index is -0.0678. The van der Waals surface area contributed by atoms with Crippen LogP contribution < -0.4 is 0 Å². The molecule has 1 aliphatic rings. The molecule has 1 heterocycles. The summed E-state index contributed by atoms with van der Waals surface area (Å²) in [6.07, 6.45) is 2.25. The van der Waals surface area contributed by atoms with Crippen molar-refractivity contribution in [2.75, 3.05) is 13.1 Å². The molecular weight excluding hydrogens is 166 g/mol. The molecule has 0 aromatic rings. The van der Waals surface area contributed by atoms with Crippen LogP contribution in [0.25, 0.3) is 0 Å². The number of aliphatic hydroxyl groups is 1. The zero-order chi connectivity index (χ0) is 10.1. The van der Waals surface area contributed by atoms with E-state index in [1.54, 1.807) is 4.90 Å². The summed E-state index contributed by atoms with van der Waals surface area (Å²) in [4.78, 5) is 12.9. The van der Waals surface area contributed by atoms with Crippen LogP contribution >= 0.6 is 0 Å². The van der Waals surface area contributed by atoms with Gasteiger partial charge in [0.1, 0.15) is 5.76 Å². The van der Waals surface area contributed by atoms with E-state index in [1.807, 2.05) is 0 Å². The van der Waals surface area contributed by atoms with E-state index in [2.05, 4.69) is 20.8 Å². The molecule has 0 radical (unpaired) electrons. The molecule has 1 N–H and O–H groups in total. The van der Waals surface area contributed by atoms with Crippen molar-refractivity contribution < 1.29 is 9.90 Å². The third kappa shape index (κ3) is 3.09. The van der Waals surface area contributed by atoms with E-state index in [1.165, 1.54) is 6.08 Å². The SMILES string of the molecule is CC(C)(C)CCN1CC(O)=CC1=O. The van der Waals surface area contributed by atoms with Crippen molar-refractivity contribution in [1.29, 1.82) is 0 Å². The number of nitrogens with zero attached hydrogens (tertiary/aromatic N) is 1. The lowest BCUT2D eigenvalue weighted by molar-refractivity contribution is -0.124. The minimum Gasteiger partial charge on any atom is -0.510 e. The maximum absolute atomic E-state index is 11.2. The number of amides is 1. The van der Waals surface area contributed by atoms with Crippen molar-refractivity contribution >= 4 is 5.91 Å². The Morgan fingerprint density at radius 3 is 2.54 bits per heavy atom. The summed E-state index contributed by atoms with van der Waals surface area (Å²) in [5.74, 6) is 0.112. The van der Waals surface area contributed by atoms with Crippen LogP contribution in [-0.4, -0.2) is 29.0 Å². The number of hydrogen-bond acceptors (Lipinski definition) is 2. The summed E-state index contributed by atoms with van der Waals surface area (Å²) in [6, 6.07) is 0. The number of rotatable bonds is 2. The molecule has 1 aliphatic heterocycles. The monoisotopic (exact) mass is 183 g/mol. The third-order valence-electron chi connectivity index (χ3n) is 2.09. The van der Waals surface area contributed by atoms with Gasteiger partial charge in [-0.1, -0.05) is 20.8 Å². The van der Waals surface area contributed by atoms with Crippen LogP contribution in [0.15, 0.2) is 11.8 Å². The Hall–Kier alpha value is -0.990. The summed E-state index contributed by atoms with van der Waals surface area (Å²) in [6.45, 7) is 7.53. The highest BCUT2D eigenvalue weighted by Gasteiger charge is 2.22. The normalized spacial score (nSPS) is 17.9. The number of carbonyl (C=O) groups excluding carboxylic acids is 1. The molecule has 1 rings (SSSR count). The lowest BCUT2D eigenvalue weighted by Gasteiger charge is -2.22. The van der Waals surface area contributed by atoms with Crippen LogP contribution in [0.1, 0.15) is 27.2 Å². The zero-order valence-corrected chi connectivity index (χ0v) is 8.50. The topological polar surface area (TPSA) is 40.5 Å². The second-order valence-electron chi connectivity index (χ2n) is 4.71. The highest BCUT2D eigenvalue weighted by Crippen LogP contribution is 2.20. The molecule has 0 unspecified atom stereocenters. The van der Waals surface area contributed by atoms with Crippen molar-refractivity contribution in [3.05, 3.63) is 11.8 Å². The quantitative estimate of drug-likeness (QED) is 0.708. The van der Waals surface area contributed by atoms with Crippen LogP contribution in [0, 0.1) is 5.41 Å². The van der Waals surface area contributed by atoms with Crippen molar-refractivity contribution in [2.24, 2.45) is 5.41 Å². The molecule has 74 valence electrons. The second kappa shape index (κ2) is 3.40. The molecule has 1 amide bonds. The van der Waals surface area contributed by atoms with Gasteiger partial charge in [-0.2, -0.15) is 0 Å². The highest BCUT2D eigenvalue weighted by atomic mass is 16.3. The Morgan fingerprint density at radius 1 is 1.54 bits per heavy atom. The van der Waals surface area contributed by atoms with Crippen LogP contribution in [0.5, 0.6) is 0 Å². The molecule has 0 aliphatic carbocycles. The molecule has 0 saturated carbocycles. The van der Waals surface area contributed by atoms with Gasteiger partial charge in [0.15, 0.2) is 0 Å². The number of carbonyl (C=O) groups is 1. The van der Waals surface area contributed by atoms with Gasteiger partial charge in [0.25, 0.3) is 0 Å². The average Bonchev–Trinajstić information content (AvgIpc) is 2.24. The van der Waals surface area contributed by atoms with Gasteiger partial charge in [0.05, 0.1) is 6.54 Å². The summed E-state index contributed by atoms with van der Waals surface area (Å²) in [5, 5.41) is 9.10. The van der Waals surface area contributed by atoms with Crippen LogP contribution in [0.4, 0.5) is 0 Å². The first kappa shape index (κ1) is 10.1. The van der Waals surface area contributed by atoms with Crippen LogP contribution in [-0.2, 0) is 4.79 Å². The fourth-order valence-electron chi connectivity index (χ4n) is 1.21. The number of hydrogen-bond donors (Lipinski definition) is 1. The smallest absolute Gasteiger partial charge is 0.250 e. The van der Waals surface area contributed by atoms with Gasteiger partial charge in [-0.15, -0.1) is 0 Å². The van der Waals surface area contributed by atoms with E-state index in [4.69, 9.17) is 5.11 Å². The van der Waals surface area contributed by atoms with Crippen molar-refractivity contribution in [3.63, 3.8) is 0 Å². The predicted octanol–water partition coefficient (Wildman–Crippen LogP) is 1.71. The van der Waals surface area contributed by atoms with Crippen LogP contribution in [0.3, 0.4) is 0 Å². The molecule has 0 aromatic heterocycles. The van der Waals surface area contributed by atoms with Crippen molar-refractivity contribution in [3.8, 4) is 0 Å². The summed E-state index contributed by atoms with van der Waals surface area (Å²) in [5.41, 5.74) is 0.235. The van der Waals surface area contributed by atoms with Crippen LogP contribution in [0.2, 0.25) is 0 Å². The van der Waals surface area contributed by atoms with Gasteiger partial charge >= 0.3 is 0 Å². The molecule has 3 nitrogen and oxygen atoms in total. The molecular formula is C10H17NO2. The van der Waals surface area contributed by atoms with E-state index in [-0.39, 0.29) is 17.1 Å². The van der Waals surface area contributed by atoms with Gasteiger partial charge in [-0.25, -0.2) is 0 Å². The van der Waals surface area contributed by atoms with E-state index in [0.29, 0.717) is 6.54 Å². The maximum Gasteiger partial charge on any atom is 0.250 e. The average molecular weight is 183 g/mol. The van der Waals surface area contributed by atoms with Gasteiger partial charge in [0, 0.05) is 12.6 Å². The predicted molar refractivity (Wildman–Crippen MR) is 51.4 cm³/mol. The molecule has 0 atom stereocenters. The first-order valence-electron chi connectivity index (χ1n) is 4.57. The van der Waals surface area contributed by atoms with Gasteiger partial charge in [-0.3, -0.25) is 4.79 Å². The molecule has 3 heteroatoms. The first-order chi connectivity index (χ1) is 5.88. The molecule has 0 fully saturated rings. The Morgan fingerprint density at radius 2 is 2.15 bits per heavy atom. The Bertz CT molecular complexity index is 238.